The lowest BCUT2D eigenvalue weighted by Gasteiger charge is -2.04. The SMILES string of the molecule is CC(S)CC(=O)Nc1sc(-c2cccnc2)nc1Cl. The van der Waals surface area contributed by atoms with E-state index in [4.69, 9.17) is 11.6 Å². The number of halogens is 1. The van der Waals surface area contributed by atoms with E-state index in [2.05, 4.69) is 27.9 Å². The van der Waals surface area contributed by atoms with Crippen molar-refractivity contribution in [1.29, 1.82) is 0 Å². The molecule has 0 aliphatic heterocycles. The summed E-state index contributed by atoms with van der Waals surface area (Å²) < 4.78 is 0. The van der Waals surface area contributed by atoms with Gasteiger partial charge in [0.15, 0.2) is 5.15 Å². The highest BCUT2D eigenvalue weighted by Crippen LogP contribution is 2.34. The van der Waals surface area contributed by atoms with Crippen molar-refractivity contribution in [3.8, 4) is 10.6 Å². The maximum atomic E-state index is 11.7. The standard InChI is InChI=1S/C12H12ClN3OS2/c1-7(18)5-9(17)15-12-10(13)16-11(19-12)8-3-2-4-14-6-8/h2-4,6-7,18H,5H2,1H3,(H,15,17). The topological polar surface area (TPSA) is 54.9 Å². The number of nitrogens with zero attached hydrogens (tertiary/aromatic N) is 2. The number of pyridine rings is 1. The summed E-state index contributed by atoms with van der Waals surface area (Å²) in [5.74, 6) is -0.120. The van der Waals surface area contributed by atoms with Crippen molar-refractivity contribution in [3.05, 3.63) is 29.7 Å². The maximum absolute atomic E-state index is 11.7. The van der Waals surface area contributed by atoms with Gasteiger partial charge in [-0.3, -0.25) is 9.78 Å². The monoisotopic (exact) mass is 313 g/mol. The highest BCUT2D eigenvalue weighted by Gasteiger charge is 2.14. The van der Waals surface area contributed by atoms with E-state index in [0.717, 1.165) is 10.6 Å². The molecular weight excluding hydrogens is 302 g/mol. The molecule has 7 heteroatoms. The van der Waals surface area contributed by atoms with Crippen LogP contribution in [0.15, 0.2) is 24.5 Å². The third kappa shape index (κ3) is 3.92. The van der Waals surface area contributed by atoms with Crippen LogP contribution in [-0.2, 0) is 4.79 Å². The third-order valence-electron chi connectivity index (χ3n) is 2.23. The fraction of sp³-hybridized carbons (Fsp3) is 0.250. The minimum atomic E-state index is -0.120. The van der Waals surface area contributed by atoms with Crippen LogP contribution >= 0.6 is 35.6 Å². The second-order valence-corrected chi connectivity index (χ2v) is 6.22. The summed E-state index contributed by atoms with van der Waals surface area (Å²) in [5, 5.41) is 4.33. The van der Waals surface area contributed by atoms with Gasteiger partial charge in [-0.05, 0) is 12.1 Å². The molecule has 0 aliphatic carbocycles. The van der Waals surface area contributed by atoms with Gasteiger partial charge in [0.2, 0.25) is 5.91 Å². The van der Waals surface area contributed by atoms with Crippen LogP contribution in [0.2, 0.25) is 5.15 Å². The number of rotatable bonds is 4. The number of carbonyl (C=O) groups is 1. The molecule has 1 atom stereocenters. The van der Waals surface area contributed by atoms with Crippen LogP contribution in [0.4, 0.5) is 5.00 Å². The maximum Gasteiger partial charge on any atom is 0.226 e. The largest absolute Gasteiger partial charge is 0.315 e. The van der Waals surface area contributed by atoms with Gasteiger partial charge in [-0.15, -0.1) is 0 Å². The summed E-state index contributed by atoms with van der Waals surface area (Å²) in [5.41, 5.74) is 0.873. The molecule has 1 unspecified atom stereocenters. The summed E-state index contributed by atoms with van der Waals surface area (Å²) in [4.78, 5) is 19.9. The highest BCUT2D eigenvalue weighted by molar-refractivity contribution is 7.80. The van der Waals surface area contributed by atoms with Crippen LogP contribution in [-0.4, -0.2) is 21.1 Å². The van der Waals surface area contributed by atoms with Crippen LogP contribution in [0, 0.1) is 0 Å². The van der Waals surface area contributed by atoms with Crippen molar-refractivity contribution in [3.63, 3.8) is 0 Å². The quantitative estimate of drug-likeness (QED) is 0.849. The van der Waals surface area contributed by atoms with Crippen molar-refractivity contribution >= 4 is 46.5 Å². The van der Waals surface area contributed by atoms with E-state index < -0.39 is 0 Å². The number of amides is 1. The van der Waals surface area contributed by atoms with Gasteiger partial charge in [0.1, 0.15) is 10.0 Å². The number of hydrogen-bond donors (Lipinski definition) is 2. The summed E-state index contributed by atoms with van der Waals surface area (Å²) >= 11 is 11.5. The van der Waals surface area contributed by atoms with E-state index in [1.165, 1.54) is 11.3 Å². The van der Waals surface area contributed by atoms with E-state index in [0.29, 0.717) is 16.6 Å². The molecule has 0 aliphatic rings. The molecule has 2 aromatic rings. The second kappa shape index (κ2) is 6.36. The number of carbonyl (C=O) groups excluding carboxylic acids is 1. The van der Waals surface area contributed by atoms with Crippen molar-refractivity contribution in [2.75, 3.05) is 5.32 Å². The average Bonchev–Trinajstić information content (AvgIpc) is 2.71. The first-order valence-corrected chi connectivity index (χ1v) is 7.32. The van der Waals surface area contributed by atoms with E-state index >= 15 is 0 Å². The molecule has 0 aromatic carbocycles. The normalized spacial score (nSPS) is 12.2. The Morgan fingerprint density at radius 1 is 1.63 bits per heavy atom. The number of thiazole rings is 1. The molecule has 4 nitrogen and oxygen atoms in total. The minimum absolute atomic E-state index is 0.00416. The first kappa shape index (κ1) is 14.3. The first-order valence-electron chi connectivity index (χ1n) is 5.61. The Morgan fingerprint density at radius 3 is 3.05 bits per heavy atom. The molecule has 1 amide bonds. The molecule has 2 rings (SSSR count). The first-order chi connectivity index (χ1) is 9.06. The van der Waals surface area contributed by atoms with Crippen LogP contribution in [0.25, 0.3) is 10.6 Å². The van der Waals surface area contributed by atoms with Gasteiger partial charge in [0.25, 0.3) is 0 Å². The van der Waals surface area contributed by atoms with Crippen molar-refractivity contribution < 1.29 is 4.79 Å². The van der Waals surface area contributed by atoms with Gasteiger partial charge in [0.05, 0.1) is 0 Å². The molecule has 0 saturated carbocycles. The zero-order chi connectivity index (χ0) is 13.8. The molecule has 2 aromatic heterocycles. The van der Waals surface area contributed by atoms with Crippen LogP contribution in [0.3, 0.4) is 0 Å². The van der Waals surface area contributed by atoms with Crippen molar-refractivity contribution in [1.82, 2.24) is 9.97 Å². The predicted octanol–water partition coefficient (Wildman–Crippen LogP) is 3.51. The van der Waals surface area contributed by atoms with Crippen LogP contribution in [0.1, 0.15) is 13.3 Å². The van der Waals surface area contributed by atoms with Gasteiger partial charge in [-0.1, -0.05) is 29.9 Å². The lowest BCUT2D eigenvalue weighted by molar-refractivity contribution is -0.116. The van der Waals surface area contributed by atoms with E-state index in [-0.39, 0.29) is 11.2 Å². The number of thiol groups is 1. The fourth-order valence-electron chi connectivity index (χ4n) is 1.44. The van der Waals surface area contributed by atoms with Crippen molar-refractivity contribution in [2.24, 2.45) is 0 Å². The van der Waals surface area contributed by atoms with E-state index in [9.17, 15) is 4.79 Å². The van der Waals surface area contributed by atoms with E-state index in [1.54, 1.807) is 12.4 Å². The Labute approximate surface area is 125 Å². The van der Waals surface area contributed by atoms with E-state index in [1.807, 2.05) is 19.1 Å². The lowest BCUT2D eigenvalue weighted by Crippen LogP contribution is -2.14. The summed E-state index contributed by atoms with van der Waals surface area (Å²) in [7, 11) is 0. The molecule has 0 saturated heterocycles. The molecule has 0 fully saturated rings. The molecule has 2 heterocycles. The number of hydrogen-bond acceptors (Lipinski definition) is 5. The van der Waals surface area contributed by atoms with Gasteiger partial charge >= 0.3 is 0 Å². The van der Waals surface area contributed by atoms with Gasteiger partial charge in [0, 0.05) is 29.6 Å². The Kier molecular flexibility index (Phi) is 4.79. The Hall–Kier alpha value is -1.11. The smallest absolute Gasteiger partial charge is 0.226 e. The Morgan fingerprint density at radius 2 is 2.42 bits per heavy atom. The van der Waals surface area contributed by atoms with Gasteiger partial charge < -0.3 is 5.32 Å². The zero-order valence-electron chi connectivity index (χ0n) is 10.1. The molecule has 0 spiro atoms. The van der Waals surface area contributed by atoms with Gasteiger partial charge in [-0.2, -0.15) is 12.6 Å². The third-order valence-corrected chi connectivity index (χ3v) is 3.82. The minimum Gasteiger partial charge on any atom is -0.315 e. The number of aromatic nitrogens is 2. The Balaban J connectivity index is 2.16. The molecule has 100 valence electrons. The molecule has 0 radical (unpaired) electrons. The van der Waals surface area contributed by atoms with Crippen LogP contribution in [0.5, 0.6) is 0 Å². The fourth-order valence-corrected chi connectivity index (χ4v) is 2.76. The molecular formula is C12H12ClN3OS2. The summed E-state index contributed by atoms with van der Waals surface area (Å²) in [6.45, 7) is 1.86. The lowest BCUT2D eigenvalue weighted by atomic mass is 10.3. The Bertz CT molecular complexity index is 572. The highest BCUT2D eigenvalue weighted by atomic mass is 35.5. The van der Waals surface area contributed by atoms with Crippen molar-refractivity contribution in [2.45, 2.75) is 18.6 Å². The average molecular weight is 314 g/mol. The number of anilines is 1. The molecule has 1 N–H and O–H groups in total. The predicted molar refractivity (Wildman–Crippen MR) is 82.0 cm³/mol. The molecule has 19 heavy (non-hydrogen) atoms. The summed E-state index contributed by atoms with van der Waals surface area (Å²) in [6, 6.07) is 3.72. The summed E-state index contributed by atoms with van der Waals surface area (Å²) in [6.07, 6.45) is 3.73. The zero-order valence-corrected chi connectivity index (χ0v) is 12.6. The molecule has 0 bridgehead atoms. The van der Waals surface area contributed by atoms with Gasteiger partial charge in [-0.25, -0.2) is 4.98 Å². The second-order valence-electron chi connectivity index (χ2n) is 3.98. The van der Waals surface area contributed by atoms with Crippen LogP contribution < -0.4 is 5.32 Å². The number of nitrogens with one attached hydrogen (secondary N) is 1.